The van der Waals surface area contributed by atoms with E-state index in [0.29, 0.717) is 18.8 Å². The Morgan fingerprint density at radius 2 is 1.34 bits per heavy atom. The summed E-state index contributed by atoms with van der Waals surface area (Å²) in [6.45, 7) is 6.83. The quantitative estimate of drug-likeness (QED) is 0.138. The molecular formula is C25H36O7. The molecule has 1 aromatic rings. The lowest BCUT2D eigenvalue weighted by atomic mass is 10.2. The van der Waals surface area contributed by atoms with Crippen molar-refractivity contribution in [1.29, 1.82) is 0 Å². The number of unbranched alkanes of at least 4 members (excludes halogenated alkanes) is 6. The summed E-state index contributed by atoms with van der Waals surface area (Å²) in [4.78, 5) is 35.9. The highest BCUT2D eigenvalue weighted by Gasteiger charge is 2.16. The first-order valence-corrected chi connectivity index (χ1v) is 11.5. The number of ether oxygens (including phenoxy) is 3. The van der Waals surface area contributed by atoms with Gasteiger partial charge in [-0.25, -0.2) is 14.4 Å². The Kier molecular flexibility index (Phi) is 14.3. The van der Waals surface area contributed by atoms with Gasteiger partial charge in [0.25, 0.3) is 0 Å². The van der Waals surface area contributed by atoms with Gasteiger partial charge in [0.1, 0.15) is 5.76 Å². The van der Waals surface area contributed by atoms with Crippen LogP contribution in [0.4, 0.5) is 0 Å². The maximum absolute atomic E-state index is 12.0. The fraction of sp³-hybridized carbons (Fsp3) is 0.560. The molecular weight excluding hydrogens is 412 g/mol. The van der Waals surface area contributed by atoms with Crippen molar-refractivity contribution in [2.45, 2.75) is 72.1 Å². The van der Waals surface area contributed by atoms with Crippen molar-refractivity contribution in [1.82, 2.24) is 0 Å². The second-order valence-electron chi connectivity index (χ2n) is 7.27. The number of carbonyl (C=O) groups is 3. The smallest absolute Gasteiger partial charge is 0.374 e. The van der Waals surface area contributed by atoms with Crippen molar-refractivity contribution in [3.8, 4) is 0 Å². The average Bonchev–Trinajstić information content (AvgIpc) is 3.19. The molecule has 0 amide bonds. The number of hydrogen-bond donors (Lipinski definition) is 0. The molecule has 1 heterocycles. The SMILES string of the molecule is CCCCCCOC(=O)/C=C/c1cc(C(=O)OCC)oc1/C=C/C(=O)OCCCCCC. The third kappa shape index (κ3) is 11.5. The van der Waals surface area contributed by atoms with Gasteiger partial charge in [0, 0.05) is 17.7 Å². The van der Waals surface area contributed by atoms with Crippen molar-refractivity contribution in [2.75, 3.05) is 19.8 Å². The summed E-state index contributed by atoms with van der Waals surface area (Å²) in [6.07, 6.45) is 13.5. The highest BCUT2D eigenvalue weighted by Crippen LogP contribution is 2.20. The molecule has 0 spiro atoms. The van der Waals surface area contributed by atoms with Gasteiger partial charge in [0.2, 0.25) is 5.76 Å². The topological polar surface area (TPSA) is 92.0 Å². The molecule has 0 aliphatic carbocycles. The number of hydrogen-bond acceptors (Lipinski definition) is 7. The number of carbonyl (C=O) groups excluding carboxylic acids is 3. The van der Waals surface area contributed by atoms with E-state index in [1.165, 1.54) is 30.4 Å². The molecule has 1 aromatic heterocycles. The van der Waals surface area contributed by atoms with Crippen LogP contribution < -0.4 is 0 Å². The predicted octanol–water partition coefficient (Wildman–Crippen LogP) is 5.73. The van der Waals surface area contributed by atoms with Gasteiger partial charge in [-0.1, -0.05) is 52.4 Å². The Morgan fingerprint density at radius 1 is 0.781 bits per heavy atom. The lowest BCUT2D eigenvalue weighted by Crippen LogP contribution is -2.02. The average molecular weight is 449 g/mol. The lowest BCUT2D eigenvalue weighted by Gasteiger charge is -2.01. The number of furan rings is 1. The fourth-order valence-electron chi connectivity index (χ4n) is 2.78. The molecule has 0 atom stereocenters. The van der Waals surface area contributed by atoms with Crippen LogP contribution in [-0.4, -0.2) is 37.7 Å². The Labute approximate surface area is 190 Å². The minimum atomic E-state index is -0.626. The molecule has 0 aliphatic heterocycles. The second kappa shape index (κ2) is 16.8. The van der Waals surface area contributed by atoms with E-state index in [0.717, 1.165) is 51.4 Å². The fourth-order valence-corrected chi connectivity index (χ4v) is 2.78. The normalized spacial score (nSPS) is 11.2. The molecule has 178 valence electrons. The molecule has 0 bridgehead atoms. The third-order valence-corrected chi connectivity index (χ3v) is 4.52. The highest BCUT2D eigenvalue weighted by molar-refractivity contribution is 5.92. The van der Waals surface area contributed by atoms with Crippen LogP contribution in [0.15, 0.2) is 22.6 Å². The monoisotopic (exact) mass is 448 g/mol. The Balaban J connectivity index is 2.76. The van der Waals surface area contributed by atoms with Crippen molar-refractivity contribution in [3.05, 3.63) is 35.3 Å². The van der Waals surface area contributed by atoms with Crippen LogP contribution in [0.3, 0.4) is 0 Å². The summed E-state index contributed by atoms with van der Waals surface area (Å²) in [7, 11) is 0. The van der Waals surface area contributed by atoms with Crippen LogP contribution in [0, 0.1) is 0 Å². The van der Waals surface area contributed by atoms with Crippen LogP contribution in [0.1, 0.15) is 94.0 Å². The van der Waals surface area contributed by atoms with Gasteiger partial charge in [-0.3, -0.25) is 0 Å². The molecule has 0 fully saturated rings. The van der Waals surface area contributed by atoms with E-state index in [1.807, 2.05) is 0 Å². The maximum Gasteiger partial charge on any atom is 0.374 e. The van der Waals surface area contributed by atoms with Crippen LogP contribution in [-0.2, 0) is 23.8 Å². The molecule has 0 saturated carbocycles. The standard InChI is InChI=1S/C25H36O7/c1-4-7-9-11-17-30-23(26)15-13-20-19-22(25(28)29-6-3)32-21(20)14-16-24(27)31-18-12-10-8-5-2/h13-16,19H,4-12,17-18H2,1-3H3/b15-13+,16-14+. The van der Waals surface area contributed by atoms with Gasteiger partial charge in [-0.15, -0.1) is 0 Å². The molecule has 1 rings (SSSR count). The van der Waals surface area contributed by atoms with E-state index in [2.05, 4.69) is 13.8 Å². The number of rotatable bonds is 16. The zero-order valence-corrected chi connectivity index (χ0v) is 19.5. The third-order valence-electron chi connectivity index (χ3n) is 4.52. The summed E-state index contributed by atoms with van der Waals surface area (Å²) in [5, 5.41) is 0. The summed E-state index contributed by atoms with van der Waals surface area (Å²) < 4.78 is 20.8. The Morgan fingerprint density at radius 3 is 1.88 bits per heavy atom. The molecule has 0 aromatic carbocycles. The zero-order chi connectivity index (χ0) is 23.6. The molecule has 0 N–H and O–H groups in total. The van der Waals surface area contributed by atoms with Crippen molar-refractivity contribution < 1.29 is 33.0 Å². The van der Waals surface area contributed by atoms with E-state index in [1.54, 1.807) is 6.92 Å². The Hall–Kier alpha value is -2.83. The molecule has 0 unspecified atom stereocenters. The van der Waals surface area contributed by atoms with Gasteiger partial charge in [-0.2, -0.15) is 0 Å². The van der Waals surface area contributed by atoms with Crippen molar-refractivity contribution >= 4 is 30.1 Å². The predicted molar refractivity (Wildman–Crippen MR) is 123 cm³/mol. The first-order chi connectivity index (χ1) is 15.5. The summed E-state index contributed by atoms with van der Waals surface area (Å²) in [6, 6.07) is 1.46. The van der Waals surface area contributed by atoms with Gasteiger partial charge in [0.05, 0.1) is 19.8 Å². The minimum absolute atomic E-state index is 0.0213. The summed E-state index contributed by atoms with van der Waals surface area (Å²) in [5.41, 5.74) is 0.447. The van der Waals surface area contributed by atoms with E-state index >= 15 is 0 Å². The van der Waals surface area contributed by atoms with Crippen molar-refractivity contribution in [2.24, 2.45) is 0 Å². The van der Waals surface area contributed by atoms with Crippen LogP contribution >= 0.6 is 0 Å². The summed E-state index contributed by atoms with van der Waals surface area (Å²) in [5.74, 6) is -1.40. The first kappa shape index (κ1) is 27.2. The molecule has 7 heteroatoms. The van der Waals surface area contributed by atoms with Gasteiger partial charge in [-0.05, 0) is 38.0 Å². The molecule has 0 saturated heterocycles. The second-order valence-corrected chi connectivity index (χ2v) is 7.27. The van der Waals surface area contributed by atoms with Crippen LogP contribution in [0.2, 0.25) is 0 Å². The van der Waals surface area contributed by atoms with Crippen molar-refractivity contribution in [3.63, 3.8) is 0 Å². The lowest BCUT2D eigenvalue weighted by molar-refractivity contribution is -0.138. The molecule has 32 heavy (non-hydrogen) atoms. The van der Waals surface area contributed by atoms with Crippen LogP contribution in [0.25, 0.3) is 12.2 Å². The highest BCUT2D eigenvalue weighted by atomic mass is 16.5. The summed E-state index contributed by atoms with van der Waals surface area (Å²) >= 11 is 0. The van der Waals surface area contributed by atoms with E-state index in [9.17, 15) is 14.4 Å². The largest absolute Gasteiger partial charge is 0.463 e. The Bertz CT molecular complexity index is 705. The van der Waals surface area contributed by atoms with E-state index < -0.39 is 17.9 Å². The van der Waals surface area contributed by atoms with Gasteiger partial charge >= 0.3 is 17.9 Å². The molecule has 7 nitrogen and oxygen atoms in total. The molecule has 0 radical (unpaired) electrons. The van der Waals surface area contributed by atoms with E-state index in [4.69, 9.17) is 18.6 Å². The zero-order valence-electron chi connectivity index (χ0n) is 19.5. The van der Waals surface area contributed by atoms with E-state index in [-0.39, 0.29) is 18.1 Å². The first-order valence-electron chi connectivity index (χ1n) is 11.5. The van der Waals surface area contributed by atoms with Crippen LogP contribution in [0.5, 0.6) is 0 Å². The molecule has 0 aliphatic rings. The van der Waals surface area contributed by atoms with Gasteiger partial charge < -0.3 is 18.6 Å². The van der Waals surface area contributed by atoms with Gasteiger partial charge in [0.15, 0.2) is 0 Å². The minimum Gasteiger partial charge on any atom is -0.463 e. The number of esters is 3. The maximum atomic E-state index is 12.0.